The lowest BCUT2D eigenvalue weighted by Crippen LogP contribution is -2.32. The van der Waals surface area contributed by atoms with E-state index in [4.69, 9.17) is 0 Å². The molecule has 152 valence electrons. The Morgan fingerprint density at radius 3 is 2.93 bits per heavy atom. The lowest BCUT2D eigenvalue weighted by Gasteiger charge is -2.23. The lowest BCUT2D eigenvalue weighted by molar-refractivity contribution is -0.132. The van der Waals surface area contributed by atoms with Crippen LogP contribution >= 0.6 is 15.9 Å². The number of nitrogens with one attached hydrogen (secondary N) is 1. The first kappa shape index (κ1) is 19.0. The van der Waals surface area contributed by atoms with Gasteiger partial charge in [-0.25, -0.2) is 9.97 Å². The molecule has 1 fully saturated rings. The van der Waals surface area contributed by atoms with Crippen LogP contribution in [-0.2, 0) is 11.3 Å². The Bertz CT molecular complexity index is 1280. The highest BCUT2D eigenvalue weighted by atomic mass is 79.9. The molecular formula is C22H20BrN5O2. The Morgan fingerprint density at radius 1 is 1.20 bits per heavy atom. The Morgan fingerprint density at radius 2 is 2.07 bits per heavy atom. The molecule has 8 heteroatoms. The van der Waals surface area contributed by atoms with Crippen molar-refractivity contribution < 1.29 is 4.79 Å². The van der Waals surface area contributed by atoms with Crippen LogP contribution in [0, 0.1) is 0 Å². The van der Waals surface area contributed by atoms with Gasteiger partial charge in [-0.1, -0.05) is 28.1 Å². The standard InChI is InChI=1S/C22H20BrN5O2/c23-14-7-8-16-15(12-14)22(30)27(13-24-16)11-9-20(29)28-10-3-6-19(28)21-25-17-4-1-2-5-18(17)26-21/h1-2,4-5,7-8,12-13,19H,3,6,9-11H2,(H,25,26). The molecule has 0 radical (unpaired) electrons. The Hall–Kier alpha value is -3.00. The van der Waals surface area contributed by atoms with E-state index in [0.717, 1.165) is 34.2 Å². The average molecular weight is 466 g/mol. The molecule has 2 aromatic carbocycles. The minimum absolute atomic E-state index is 0.0270. The molecule has 3 heterocycles. The van der Waals surface area contributed by atoms with E-state index in [0.29, 0.717) is 24.0 Å². The number of para-hydroxylation sites is 2. The number of benzene rings is 2. The fourth-order valence-corrected chi connectivity index (χ4v) is 4.49. The predicted molar refractivity (Wildman–Crippen MR) is 118 cm³/mol. The number of imidazole rings is 1. The van der Waals surface area contributed by atoms with Crippen molar-refractivity contribution in [3.8, 4) is 0 Å². The van der Waals surface area contributed by atoms with Gasteiger partial charge in [0.2, 0.25) is 5.91 Å². The van der Waals surface area contributed by atoms with E-state index >= 15 is 0 Å². The first-order valence-corrected chi connectivity index (χ1v) is 10.8. The minimum atomic E-state index is -0.135. The summed E-state index contributed by atoms with van der Waals surface area (Å²) < 4.78 is 2.34. The van der Waals surface area contributed by atoms with Gasteiger partial charge in [-0.15, -0.1) is 0 Å². The second kappa shape index (κ2) is 7.68. The number of aryl methyl sites for hydroxylation is 1. The summed E-state index contributed by atoms with van der Waals surface area (Å²) in [6.07, 6.45) is 3.60. The number of carbonyl (C=O) groups excluding carboxylic acids is 1. The van der Waals surface area contributed by atoms with E-state index in [9.17, 15) is 9.59 Å². The van der Waals surface area contributed by atoms with Crippen molar-refractivity contribution in [3.05, 3.63) is 69.4 Å². The quantitative estimate of drug-likeness (QED) is 0.496. The maximum absolute atomic E-state index is 13.0. The van der Waals surface area contributed by atoms with Crippen molar-refractivity contribution in [2.24, 2.45) is 0 Å². The van der Waals surface area contributed by atoms with Crippen molar-refractivity contribution in [3.63, 3.8) is 0 Å². The maximum Gasteiger partial charge on any atom is 0.261 e. The zero-order valence-corrected chi connectivity index (χ0v) is 17.8. The molecule has 4 aromatic rings. The van der Waals surface area contributed by atoms with Gasteiger partial charge in [0, 0.05) is 24.0 Å². The third-order valence-corrected chi connectivity index (χ3v) is 6.14. The zero-order chi connectivity index (χ0) is 20.7. The van der Waals surface area contributed by atoms with Crippen molar-refractivity contribution in [2.45, 2.75) is 31.8 Å². The fraction of sp³-hybridized carbons (Fsp3) is 0.273. The molecule has 2 aromatic heterocycles. The van der Waals surface area contributed by atoms with Crippen LogP contribution in [0.1, 0.15) is 31.1 Å². The normalized spacial score (nSPS) is 16.6. The van der Waals surface area contributed by atoms with Crippen molar-refractivity contribution in [1.29, 1.82) is 0 Å². The predicted octanol–water partition coefficient (Wildman–Crippen LogP) is 3.79. The van der Waals surface area contributed by atoms with Crippen molar-refractivity contribution in [1.82, 2.24) is 24.4 Å². The highest BCUT2D eigenvalue weighted by molar-refractivity contribution is 9.10. The van der Waals surface area contributed by atoms with Gasteiger partial charge in [-0.3, -0.25) is 14.2 Å². The van der Waals surface area contributed by atoms with Crippen LogP contribution in [0.15, 0.2) is 58.1 Å². The van der Waals surface area contributed by atoms with Crippen molar-refractivity contribution >= 4 is 43.8 Å². The van der Waals surface area contributed by atoms with Gasteiger partial charge in [-0.2, -0.15) is 0 Å². The first-order valence-electron chi connectivity index (χ1n) is 9.99. The molecule has 0 aliphatic carbocycles. The number of hydrogen-bond acceptors (Lipinski definition) is 4. The van der Waals surface area contributed by atoms with E-state index < -0.39 is 0 Å². The number of H-pyrrole nitrogens is 1. The molecule has 1 amide bonds. The summed E-state index contributed by atoms with van der Waals surface area (Å²) in [7, 11) is 0. The van der Waals surface area contributed by atoms with Crippen LogP contribution in [0.2, 0.25) is 0 Å². The molecule has 0 spiro atoms. The summed E-state index contributed by atoms with van der Waals surface area (Å²) in [4.78, 5) is 40.0. The van der Waals surface area contributed by atoms with Gasteiger partial charge in [-0.05, 0) is 43.2 Å². The number of carbonyl (C=O) groups is 1. The maximum atomic E-state index is 13.0. The molecule has 1 aliphatic rings. The highest BCUT2D eigenvalue weighted by Crippen LogP contribution is 2.31. The molecule has 1 N–H and O–H groups in total. The second-order valence-corrected chi connectivity index (χ2v) is 8.45. The Balaban J connectivity index is 1.34. The molecule has 5 rings (SSSR count). The largest absolute Gasteiger partial charge is 0.340 e. The summed E-state index contributed by atoms with van der Waals surface area (Å²) in [6.45, 7) is 1.01. The van der Waals surface area contributed by atoms with Crippen LogP contribution in [-0.4, -0.2) is 36.9 Å². The van der Waals surface area contributed by atoms with Crippen LogP contribution < -0.4 is 5.56 Å². The van der Waals surface area contributed by atoms with Gasteiger partial charge in [0.15, 0.2) is 0 Å². The first-order chi connectivity index (χ1) is 14.6. The monoisotopic (exact) mass is 465 g/mol. The molecule has 0 bridgehead atoms. The highest BCUT2D eigenvalue weighted by Gasteiger charge is 2.31. The average Bonchev–Trinajstić information content (AvgIpc) is 3.40. The molecule has 30 heavy (non-hydrogen) atoms. The molecule has 7 nitrogen and oxygen atoms in total. The van der Waals surface area contributed by atoms with E-state index in [1.165, 1.54) is 10.9 Å². The molecular weight excluding hydrogens is 446 g/mol. The zero-order valence-electron chi connectivity index (χ0n) is 16.2. The molecule has 1 atom stereocenters. The van der Waals surface area contributed by atoms with Crippen LogP contribution in [0.4, 0.5) is 0 Å². The summed E-state index contributed by atoms with van der Waals surface area (Å²) in [6, 6.07) is 13.3. The fourth-order valence-electron chi connectivity index (χ4n) is 4.13. The third kappa shape index (κ3) is 3.41. The van der Waals surface area contributed by atoms with Gasteiger partial charge in [0.25, 0.3) is 5.56 Å². The molecule has 0 saturated carbocycles. The number of rotatable bonds is 4. The number of aromatic amines is 1. The Labute approximate surface area is 180 Å². The Kier molecular flexibility index (Phi) is 4.86. The number of aromatic nitrogens is 4. The van der Waals surface area contributed by atoms with E-state index in [-0.39, 0.29) is 23.9 Å². The lowest BCUT2D eigenvalue weighted by atomic mass is 10.2. The summed E-state index contributed by atoms with van der Waals surface area (Å²) in [5.41, 5.74) is 2.40. The number of fused-ring (bicyclic) bond motifs is 2. The molecule has 1 saturated heterocycles. The molecule has 1 unspecified atom stereocenters. The number of hydrogen-bond donors (Lipinski definition) is 1. The van der Waals surface area contributed by atoms with Gasteiger partial charge >= 0.3 is 0 Å². The van der Waals surface area contributed by atoms with Crippen molar-refractivity contribution in [2.75, 3.05) is 6.54 Å². The van der Waals surface area contributed by atoms with E-state index in [1.54, 1.807) is 12.1 Å². The number of amides is 1. The SMILES string of the molecule is O=C(CCn1cnc2ccc(Br)cc2c1=O)N1CCCC1c1nc2ccccc2[nH]1. The summed E-state index contributed by atoms with van der Waals surface area (Å²) >= 11 is 3.39. The van der Waals surface area contributed by atoms with Crippen LogP contribution in [0.3, 0.4) is 0 Å². The summed E-state index contributed by atoms with van der Waals surface area (Å²) in [5.74, 6) is 0.857. The minimum Gasteiger partial charge on any atom is -0.340 e. The van der Waals surface area contributed by atoms with Gasteiger partial charge in [0.1, 0.15) is 5.82 Å². The number of likely N-dealkylation sites (tertiary alicyclic amines) is 1. The third-order valence-electron chi connectivity index (χ3n) is 5.65. The van der Waals surface area contributed by atoms with Crippen LogP contribution in [0.5, 0.6) is 0 Å². The smallest absolute Gasteiger partial charge is 0.261 e. The van der Waals surface area contributed by atoms with E-state index in [2.05, 4.69) is 30.9 Å². The molecule has 1 aliphatic heterocycles. The van der Waals surface area contributed by atoms with Gasteiger partial charge in [0.05, 0.1) is 34.3 Å². The number of nitrogens with zero attached hydrogens (tertiary/aromatic N) is 4. The number of halogens is 1. The summed E-state index contributed by atoms with van der Waals surface area (Å²) in [5, 5.41) is 0.542. The van der Waals surface area contributed by atoms with Crippen LogP contribution in [0.25, 0.3) is 21.9 Å². The second-order valence-electron chi connectivity index (χ2n) is 7.54. The van der Waals surface area contributed by atoms with E-state index in [1.807, 2.05) is 35.2 Å². The topological polar surface area (TPSA) is 83.9 Å². The van der Waals surface area contributed by atoms with Gasteiger partial charge < -0.3 is 9.88 Å².